The van der Waals surface area contributed by atoms with Crippen LogP contribution in [0.1, 0.15) is 19.4 Å². The predicted octanol–water partition coefficient (Wildman–Crippen LogP) is 2.94. The Morgan fingerprint density at radius 3 is 2.78 bits per heavy atom. The molecule has 98 valence electrons. The molecule has 4 heteroatoms. The maximum absolute atomic E-state index is 11.2. The third kappa shape index (κ3) is 5.84. The largest absolute Gasteiger partial charge is 0.461 e. The van der Waals surface area contributed by atoms with Crippen molar-refractivity contribution in [2.24, 2.45) is 0 Å². The predicted molar refractivity (Wildman–Crippen MR) is 73.5 cm³/mol. The lowest BCUT2D eigenvalue weighted by Gasteiger charge is -2.06. The minimum absolute atomic E-state index is 0.297. The van der Waals surface area contributed by atoms with Gasteiger partial charge in [0.2, 0.25) is 0 Å². The minimum Gasteiger partial charge on any atom is -0.461 e. The van der Waals surface area contributed by atoms with Crippen LogP contribution in [0.3, 0.4) is 0 Å². The second-order valence-corrected chi connectivity index (χ2v) is 4.56. The summed E-state index contributed by atoms with van der Waals surface area (Å²) in [4.78, 5) is 11.2. The number of ether oxygens (including phenoxy) is 1. The molecule has 18 heavy (non-hydrogen) atoms. The fourth-order valence-electron chi connectivity index (χ4n) is 1.37. The maximum atomic E-state index is 11.2. The van der Waals surface area contributed by atoms with E-state index in [0.29, 0.717) is 19.7 Å². The molecule has 0 fully saturated rings. The first kappa shape index (κ1) is 14.7. The van der Waals surface area contributed by atoms with E-state index in [9.17, 15) is 4.79 Å². The molecule has 0 unspecified atom stereocenters. The lowest BCUT2D eigenvalue weighted by molar-refractivity contribution is -0.137. The van der Waals surface area contributed by atoms with E-state index >= 15 is 0 Å². The molecule has 1 aromatic rings. The standard InChI is InChI=1S/C14H18ClNO2/c1-11(2)9-14(17)18-8-7-16-10-12-5-3-4-6-13(12)15/h3-6,9,16H,7-8,10H2,1-2H3. The van der Waals surface area contributed by atoms with Crippen molar-refractivity contribution in [1.29, 1.82) is 0 Å². The highest BCUT2D eigenvalue weighted by Crippen LogP contribution is 2.13. The fraction of sp³-hybridized carbons (Fsp3) is 0.357. The number of rotatable bonds is 6. The molecule has 1 rings (SSSR count). The Morgan fingerprint density at radius 2 is 2.11 bits per heavy atom. The van der Waals surface area contributed by atoms with Gasteiger partial charge in [-0.1, -0.05) is 35.4 Å². The molecular formula is C14H18ClNO2. The van der Waals surface area contributed by atoms with Crippen molar-refractivity contribution in [2.45, 2.75) is 20.4 Å². The second-order valence-electron chi connectivity index (χ2n) is 4.16. The van der Waals surface area contributed by atoms with Crippen LogP contribution in [0.4, 0.5) is 0 Å². The Labute approximate surface area is 113 Å². The van der Waals surface area contributed by atoms with Crippen LogP contribution < -0.4 is 5.32 Å². The van der Waals surface area contributed by atoms with Gasteiger partial charge in [0.15, 0.2) is 0 Å². The number of hydrogen-bond donors (Lipinski definition) is 1. The van der Waals surface area contributed by atoms with Gasteiger partial charge in [-0.05, 0) is 25.5 Å². The van der Waals surface area contributed by atoms with Gasteiger partial charge in [0.05, 0.1) is 0 Å². The Morgan fingerprint density at radius 1 is 1.39 bits per heavy atom. The summed E-state index contributed by atoms with van der Waals surface area (Å²) in [5, 5.41) is 3.91. The van der Waals surface area contributed by atoms with Crippen molar-refractivity contribution in [3.63, 3.8) is 0 Å². The number of nitrogens with one attached hydrogen (secondary N) is 1. The van der Waals surface area contributed by atoms with E-state index in [1.54, 1.807) is 0 Å². The van der Waals surface area contributed by atoms with E-state index in [1.807, 2.05) is 38.1 Å². The molecule has 3 nitrogen and oxygen atoms in total. The summed E-state index contributed by atoms with van der Waals surface area (Å²) >= 11 is 6.01. The summed E-state index contributed by atoms with van der Waals surface area (Å²) in [6.07, 6.45) is 1.48. The van der Waals surface area contributed by atoms with Gasteiger partial charge in [-0.25, -0.2) is 4.79 Å². The van der Waals surface area contributed by atoms with Crippen LogP contribution in [0.25, 0.3) is 0 Å². The van der Waals surface area contributed by atoms with E-state index in [2.05, 4.69) is 5.32 Å². The van der Waals surface area contributed by atoms with Gasteiger partial charge < -0.3 is 10.1 Å². The highest BCUT2D eigenvalue weighted by Gasteiger charge is 1.99. The molecule has 0 amide bonds. The molecule has 0 saturated heterocycles. The van der Waals surface area contributed by atoms with E-state index < -0.39 is 0 Å². The fourth-order valence-corrected chi connectivity index (χ4v) is 1.57. The number of halogens is 1. The van der Waals surface area contributed by atoms with Crippen molar-refractivity contribution >= 4 is 17.6 Å². The van der Waals surface area contributed by atoms with Gasteiger partial charge in [-0.15, -0.1) is 0 Å². The van der Waals surface area contributed by atoms with Gasteiger partial charge in [0.25, 0.3) is 0 Å². The maximum Gasteiger partial charge on any atom is 0.330 e. The molecule has 0 aliphatic rings. The Hall–Kier alpha value is -1.32. The Kier molecular flexibility index (Phi) is 6.47. The average molecular weight is 268 g/mol. The van der Waals surface area contributed by atoms with Crippen molar-refractivity contribution in [3.8, 4) is 0 Å². The van der Waals surface area contributed by atoms with Crippen molar-refractivity contribution in [2.75, 3.05) is 13.2 Å². The number of carbonyl (C=O) groups excluding carboxylic acids is 1. The van der Waals surface area contributed by atoms with E-state index in [-0.39, 0.29) is 5.97 Å². The molecule has 0 aliphatic heterocycles. The number of benzene rings is 1. The molecule has 1 aromatic carbocycles. The Balaban J connectivity index is 2.18. The smallest absolute Gasteiger partial charge is 0.330 e. The molecule has 0 heterocycles. The molecule has 1 N–H and O–H groups in total. The van der Waals surface area contributed by atoms with Crippen molar-refractivity contribution < 1.29 is 9.53 Å². The summed E-state index contributed by atoms with van der Waals surface area (Å²) in [5.74, 6) is -0.297. The summed E-state index contributed by atoms with van der Waals surface area (Å²) in [6.45, 7) is 5.34. The zero-order chi connectivity index (χ0) is 13.4. The SMILES string of the molecule is CC(C)=CC(=O)OCCNCc1ccccc1Cl. The second kappa shape index (κ2) is 7.90. The zero-order valence-electron chi connectivity index (χ0n) is 10.7. The summed E-state index contributed by atoms with van der Waals surface area (Å²) in [6, 6.07) is 7.66. The number of carbonyl (C=O) groups is 1. The monoisotopic (exact) mass is 267 g/mol. The minimum atomic E-state index is -0.297. The third-order valence-electron chi connectivity index (χ3n) is 2.20. The molecule has 0 aromatic heterocycles. The topological polar surface area (TPSA) is 38.3 Å². The van der Waals surface area contributed by atoms with Crippen molar-refractivity contribution in [1.82, 2.24) is 5.32 Å². The summed E-state index contributed by atoms with van der Waals surface area (Å²) in [7, 11) is 0. The first-order valence-electron chi connectivity index (χ1n) is 5.85. The van der Waals surface area contributed by atoms with E-state index in [0.717, 1.165) is 16.2 Å². The molecule has 0 aliphatic carbocycles. The molecule has 0 radical (unpaired) electrons. The van der Waals surface area contributed by atoms with Crippen LogP contribution >= 0.6 is 11.6 Å². The highest BCUT2D eigenvalue weighted by molar-refractivity contribution is 6.31. The average Bonchev–Trinajstić information content (AvgIpc) is 2.30. The van der Waals surface area contributed by atoms with Gasteiger partial charge in [0.1, 0.15) is 6.61 Å². The number of allylic oxidation sites excluding steroid dienone is 1. The molecular weight excluding hydrogens is 250 g/mol. The third-order valence-corrected chi connectivity index (χ3v) is 2.57. The lowest BCUT2D eigenvalue weighted by atomic mass is 10.2. The van der Waals surface area contributed by atoms with Gasteiger partial charge in [0, 0.05) is 24.2 Å². The van der Waals surface area contributed by atoms with Gasteiger partial charge in [-0.3, -0.25) is 0 Å². The highest BCUT2D eigenvalue weighted by atomic mass is 35.5. The molecule has 0 bridgehead atoms. The van der Waals surface area contributed by atoms with E-state index in [1.165, 1.54) is 6.08 Å². The van der Waals surface area contributed by atoms with Gasteiger partial charge in [-0.2, -0.15) is 0 Å². The van der Waals surface area contributed by atoms with Crippen LogP contribution in [-0.4, -0.2) is 19.1 Å². The molecule has 0 spiro atoms. The van der Waals surface area contributed by atoms with Crippen LogP contribution in [0, 0.1) is 0 Å². The number of esters is 1. The van der Waals surface area contributed by atoms with Crippen LogP contribution in [-0.2, 0) is 16.1 Å². The normalized spacial score (nSPS) is 9.94. The van der Waals surface area contributed by atoms with Gasteiger partial charge >= 0.3 is 5.97 Å². The summed E-state index contributed by atoms with van der Waals surface area (Å²) < 4.78 is 5.01. The van der Waals surface area contributed by atoms with Crippen LogP contribution in [0.2, 0.25) is 5.02 Å². The van der Waals surface area contributed by atoms with Crippen LogP contribution in [0.15, 0.2) is 35.9 Å². The zero-order valence-corrected chi connectivity index (χ0v) is 11.5. The van der Waals surface area contributed by atoms with Crippen LogP contribution in [0.5, 0.6) is 0 Å². The molecule has 0 atom stereocenters. The first-order valence-corrected chi connectivity index (χ1v) is 6.23. The lowest BCUT2D eigenvalue weighted by Crippen LogP contribution is -2.20. The quantitative estimate of drug-likeness (QED) is 0.489. The van der Waals surface area contributed by atoms with Crippen molar-refractivity contribution in [3.05, 3.63) is 46.5 Å². The summed E-state index contributed by atoms with van der Waals surface area (Å²) in [5.41, 5.74) is 1.97. The Bertz CT molecular complexity index is 426. The van der Waals surface area contributed by atoms with E-state index in [4.69, 9.17) is 16.3 Å². The molecule has 0 saturated carbocycles. The number of hydrogen-bond acceptors (Lipinski definition) is 3. The first-order chi connectivity index (χ1) is 8.59.